The van der Waals surface area contributed by atoms with Crippen molar-refractivity contribution in [2.24, 2.45) is 10.8 Å². The molecule has 1 fully saturated rings. The van der Waals surface area contributed by atoms with E-state index in [0.717, 1.165) is 0 Å². The van der Waals surface area contributed by atoms with Gasteiger partial charge in [-0.15, -0.1) is 0 Å². The van der Waals surface area contributed by atoms with E-state index >= 15 is 0 Å². The molecule has 0 amide bonds. The van der Waals surface area contributed by atoms with Crippen LogP contribution >= 0.6 is 0 Å². The fourth-order valence-corrected chi connectivity index (χ4v) is 3.81. The standard InChI is InChI=1S/C17H24BN/c1-12-9-19-14-8-6-7-13(15(12)14)18-10-16(2,3)17(4,5)11-18/h6-9,19H,10-11H2,1-5H3. The first-order valence-electron chi connectivity index (χ1n) is 7.38. The summed E-state index contributed by atoms with van der Waals surface area (Å²) in [6.45, 7) is 12.6. The topological polar surface area (TPSA) is 15.8 Å². The van der Waals surface area contributed by atoms with Crippen LogP contribution in [-0.2, 0) is 0 Å². The summed E-state index contributed by atoms with van der Waals surface area (Å²) in [4.78, 5) is 3.39. The second-order valence-corrected chi connectivity index (χ2v) is 7.61. The summed E-state index contributed by atoms with van der Waals surface area (Å²) >= 11 is 0. The van der Waals surface area contributed by atoms with Crippen LogP contribution in [0.3, 0.4) is 0 Å². The maximum atomic E-state index is 3.39. The third-order valence-corrected chi connectivity index (χ3v) is 5.72. The zero-order chi connectivity index (χ0) is 13.8. The lowest BCUT2D eigenvalue weighted by Gasteiger charge is -2.35. The largest absolute Gasteiger partial charge is 0.361 e. The van der Waals surface area contributed by atoms with Gasteiger partial charge in [0.05, 0.1) is 0 Å². The quantitative estimate of drug-likeness (QED) is 0.731. The van der Waals surface area contributed by atoms with E-state index in [1.54, 1.807) is 5.46 Å². The molecule has 0 atom stereocenters. The summed E-state index contributed by atoms with van der Waals surface area (Å²) in [6, 6.07) is 6.73. The highest BCUT2D eigenvalue weighted by molar-refractivity contribution is 6.76. The van der Waals surface area contributed by atoms with Crippen LogP contribution in [0, 0.1) is 17.8 Å². The number of rotatable bonds is 1. The van der Waals surface area contributed by atoms with Gasteiger partial charge >= 0.3 is 0 Å². The van der Waals surface area contributed by atoms with Gasteiger partial charge in [0.1, 0.15) is 0 Å². The first kappa shape index (κ1) is 12.8. The molecule has 2 aromatic rings. The Balaban J connectivity index is 2.10. The molecule has 0 radical (unpaired) electrons. The second kappa shape index (κ2) is 3.91. The van der Waals surface area contributed by atoms with Gasteiger partial charge in [-0.2, -0.15) is 0 Å². The van der Waals surface area contributed by atoms with Crippen molar-refractivity contribution in [1.29, 1.82) is 0 Å². The zero-order valence-electron chi connectivity index (χ0n) is 12.8. The first-order chi connectivity index (χ1) is 8.82. The highest BCUT2D eigenvalue weighted by Gasteiger charge is 2.48. The van der Waals surface area contributed by atoms with Crippen LogP contribution in [0.25, 0.3) is 10.9 Å². The minimum Gasteiger partial charge on any atom is -0.361 e. The molecule has 1 aromatic heterocycles. The maximum absolute atomic E-state index is 3.39. The van der Waals surface area contributed by atoms with E-state index in [1.807, 2.05) is 0 Å². The number of nitrogens with one attached hydrogen (secondary N) is 1. The molecule has 1 aromatic carbocycles. The number of benzene rings is 1. The molecule has 0 aliphatic carbocycles. The molecule has 0 bridgehead atoms. The number of fused-ring (bicyclic) bond motifs is 1. The Bertz CT molecular complexity index is 605. The minimum absolute atomic E-state index is 0.421. The predicted molar refractivity (Wildman–Crippen MR) is 85.6 cm³/mol. The molecule has 1 aliphatic rings. The first-order valence-corrected chi connectivity index (χ1v) is 7.38. The van der Waals surface area contributed by atoms with E-state index in [4.69, 9.17) is 0 Å². The Morgan fingerprint density at radius 1 is 1.05 bits per heavy atom. The summed E-state index contributed by atoms with van der Waals surface area (Å²) in [5.74, 6) is 0. The molecule has 2 heteroatoms. The normalized spacial score (nSPS) is 21.2. The molecule has 1 nitrogen and oxygen atoms in total. The lowest BCUT2D eigenvalue weighted by molar-refractivity contribution is 0.177. The van der Waals surface area contributed by atoms with Gasteiger partial charge in [-0.1, -0.05) is 57.9 Å². The molecular weight excluding hydrogens is 229 g/mol. The van der Waals surface area contributed by atoms with Crippen molar-refractivity contribution in [3.8, 4) is 0 Å². The molecule has 1 aliphatic heterocycles. The van der Waals surface area contributed by atoms with Crippen LogP contribution in [0.1, 0.15) is 33.3 Å². The number of aromatic amines is 1. The molecule has 0 unspecified atom stereocenters. The number of hydrogen-bond donors (Lipinski definition) is 1. The van der Waals surface area contributed by atoms with Gasteiger partial charge in [-0.3, -0.25) is 0 Å². The van der Waals surface area contributed by atoms with Gasteiger partial charge in [0.25, 0.3) is 0 Å². The number of H-pyrrole nitrogens is 1. The van der Waals surface area contributed by atoms with Gasteiger partial charge in [-0.25, -0.2) is 0 Å². The molecule has 19 heavy (non-hydrogen) atoms. The summed E-state index contributed by atoms with van der Waals surface area (Å²) in [5, 5.41) is 1.46. The number of aromatic nitrogens is 1. The van der Waals surface area contributed by atoms with E-state index in [-0.39, 0.29) is 0 Å². The van der Waals surface area contributed by atoms with Crippen molar-refractivity contribution in [1.82, 2.24) is 4.98 Å². The molecule has 1 saturated heterocycles. The van der Waals surface area contributed by atoms with Crippen molar-refractivity contribution in [3.05, 3.63) is 30.0 Å². The van der Waals surface area contributed by atoms with Gasteiger partial charge in [0.15, 0.2) is 6.71 Å². The Labute approximate surface area is 116 Å². The average molecular weight is 253 g/mol. The van der Waals surface area contributed by atoms with E-state index in [2.05, 4.69) is 64.0 Å². The lowest BCUT2D eigenvalue weighted by Crippen LogP contribution is -2.28. The average Bonchev–Trinajstić information content (AvgIpc) is 2.78. The van der Waals surface area contributed by atoms with Crippen molar-refractivity contribution in [3.63, 3.8) is 0 Å². The van der Waals surface area contributed by atoms with Crippen LogP contribution in [0.2, 0.25) is 12.6 Å². The maximum Gasteiger partial charge on any atom is 0.177 e. The van der Waals surface area contributed by atoms with E-state index in [1.165, 1.54) is 29.1 Å². The van der Waals surface area contributed by atoms with E-state index < -0.39 is 0 Å². The lowest BCUT2D eigenvalue weighted by atomic mass is 9.41. The molecular formula is C17H24BN. The van der Waals surface area contributed by atoms with Gasteiger partial charge in [0.2, 0.25) is 0 Å². The van der Waals surface area contributed by atoms with Crippen molar-refractivity contribution in [2.45, 2.75) is 47.3 Å². The van der Waals surface area contributed by atoms with E-state index in [9.17, 15) is 0 Å². The highest BCUT2D eigenvalue weighted by atomic mass is 14.7. The molecule has 2 heterocycles. The van der Waals surface area contributed by atoms with Gasteiger partial charge < -0.3 is 4.98 Å². The fraction of sp³-hybridized carbons (Fsp3) is 0.529. The van der Waals surface area contributed by atoms with E-state index in [0.29, 0.717) is 17.5 Å². The SMILES string of the molecule is Cc1c[nH]c2cccc(B3CC(C)(C)C(C)(C)C3)c12. The Morgan fingerprint density at radius 3 is 2.32 bits per heavy atom. The summed E-state index contributed by atoms with van der Waals surface area (Å²) in [5.41, 5.74) is 5.06. The van der Waals surface area contributed by atoms with Crippen molar-refractivity contribution in [2.75, 3.05) is 0 Å². The van der Waals surface area contributed by atoms with Crippen LogP contribution in [-0.4, -0.2) is 11.7 Å². The minimum atomic E-state index is 0.421. The third kappa shape index (κ3) is 1.84. The summed E-state index contributed by atoms with van der Waals surface area (Å²) < 4.78 is 0. The number of hydrogen-bond acceptors (Lipinski definition) is 0. The highest BCUT2D eigenvalue weighted by Crippen LogP contribution is 2.52. The van der Waals surface area contributed by atoms with Crippen LogP contribution in [0.5, 0.6) is 0 Å². The summed E-state index contributed by atoms with van der Waals surface area (Å²) in [7, 11) is 0. The monoisotopic (exact) mass is 253 g/mol. The number of aryl methyl sites for hydroxylation is 1. The second-order valence-electron chi connectivity index (χ2n) is 7.61. The fourth-order valence-electron chi connectivity index (χ4n) is 3.81. The molecule has 1 N–H and O–H groups in total. The zero-order valence-corrected chi connectivity index (χ0v) is 12.8. The van der Waals surface area contributed by atoms with Gasteiger partial charge in [0, 0.05) is 11.7 Å². The van der Waals surface area contributed by atoms with Crippen LogP contribution in [0.4, 0.5) is 0 Å². The Morgan fingerprint density at radius 2 is 1.68 bits per heavy atom. The van der Waals surface area contributed by atoms with Crippen molar-refractivity contribution >= 4 is 23.1 Å². The molecule has 100 valence electrons. The van der Waals surface area contributed by atoms with Crippen molar-refractivity contribution < 1.29 is 0 Å². The summed E-state index contributed by atoms with van der Waals surface area (Å²) in [6.07, 6.45) is 4.73. The third-order valence-electron chi connectivity index (χ3n) is 5.72. The Kier molecular flexibility index (Phi) is 2.64. The Hall–Kier alpha value is -1.18. The predicted octanol–water partition coefficient (Wildman–Crippen LogP) is 4.24. The van der Waals surface area contributed by atoms with Gasteiger partial charge in [-0.05, 0) is 34.8 Å². The molecule has 0 spiro atoms. The van der Waals surface area contributed by atoms with Crippen LogP contribution < -0.4 is 5.46 Å². The molecule has 3 rings (SSSR count). The smallest absolute Gasteiger partial charge is 0.177 e. The van der Waals surface area contributed by atoms with Crippen LogP contribution in [0.15, 0.2) is 24.4 Å². The molecule has 0 saturated carbocycles.